The molecule has 4 atom stereocenters. The number of carbonyl (C=O) groups excluding carboxylic acids is 7. The molecule has 0 aliphatic rings. The Labute approximate surface area is 447 Å². The molecule has 0 aromatic heterocycles. The molecule has 0 aromatic carbocycles. The number of carboxylic acid groups (broad SMARTS) is 4. The molecule has 0 aliphatic heterocycles. The zero-order valence-electron chi connectivity index (χ0n) is 45.2. The first-order valence-electron chi connectivity index (χ1n) is 27.2. The Bertz CT molecular complexity index is 1730. The molecule has 0 fully saturated rings. The van der Waals surface area contributed by atoms with Gasteiger partial charge in [-0.15, -0.1) is 0 Å². The number of unbranched alkanes of at least 4 members (excludes halogenated alkanes) is 12. The lowest BCUT2D eigenvalue weighted by Crippen LogP contribution is -2.44. The second-order valence-corrected chi connectivity index (χ2v) is 19.1. The zero-order chi connectivity index (χ0) is 56.8. The van der Waals surface area contributed by atoms with Gasteiger partial charge in [0.25, 0.3) is 0 Å². The van der Waals surface area contributed by atoms with E-state index >= 15 is 0 Å². The van der Waals surface area contributed by atoms with E-state index in [4.69, 9.17) is 24.1 Å². The van der Waals surface area contributed by atoms with Crippen molar-refractivity contribution in [2.24, 2.45) is 11.8 Å². The Morgan fingerprint density at radius 3 is 1.43 bits per heavy atom. The summed E-state index contributed by atoms with van der Waals surface area (Å²) in [5.41, 5.74) is 0. The molecule has 0 radical (unpaired) electrons. The molecule has 76 heavy (non-hydrogen) atoms. The summed E-state index contributed by atoms with van der Waals surface area (Å²) in [5, 5.41) is 47.6. The number of hydrogen-bond acceptors (Lipinski definition) is 15. The van der Waals surface area contributed by atoms with Gasteiger partial charge in [0, 0.05) is 70.6 Å². The van der Waals surface area contributed by atoms with Crippen molar-refractivity contribution in [3.05, 3.63) is 0 Å². The van der Waals surface area contributed by atoms with E-state index in [-0.39, 0.29) is 121 Å². The number of carboxylic acids is 4. The van der Waals surface area contributed by atoms with Crippen molar-refractivity contribution in [1.82, 2.24) is 21.3 Å². The monoisotopic (exact) mass is 1090 g/mol. The Morgan fingerprint density at radius 1 is 0.395 bits per heavy atom. The fourth-order valence-electron chi connectivity index (χ4n) is 7.60. The van der Waals surface area contributed by atoms with Crippen LogP contribution in [0.4, 0.5) is 0 Å². The maximum Gasteiger partial charge on any atom is 0.326 e. The van der Waals surface area contributed by atoms with Crippen LogP contribution in [0.15, 0.2) is 0 Å². The molecule has 436 valence electrons. The smallest absolute Gasteiger partial charge is 0.326 e. The van der Waals surface area contributed by atoms with E-state index in [0.717, 1.165) is 83.5 Å². The fraction of sp³-hybridized carbons (Fsp3) is 0.792. The maximum absolute atomic E-state index is 12.7. The Kier molecular flexibility index (Phi) is 43.5. The second kappa shape index (κ2) is 46.9. The van der Waals surface area contributed by atoms with Gasteiger partial charge in [0.2, 0.25) is 23.6 Å². The van der Waals surface area contributed by atoms with Crippen molar-refractivity contribution in [2.75, 3.05) is 65.9 Å². The third kappa shape index (κ3) is 43.8. The van der Waals surface area contributed by atoms with Crippen LogP contribution < -0.4 is 21.3 Å². The van der Waals surface area contributed by atoms with E-state index in [1.54, 1.807) is 6.92 Å². The lowest BCUT2D eigenvalue weighted by Gasteiger charge is -2.17. The quantitative estimate of drug-likeness (QED) is 0.0382. The molecule has 0 bridgehead atoms. The molecule has 8 N–H and O–H groups in total. The third-order valence-corrected chi connectivity index (χ3v) is 12.4. The first kappa shape index (κ1) is 70.6. The van der Waals surface area contributed by atoms with Crippen molar-refractivity contribution in [3.63, 3.8) is 0 Å². The van der Waals surface area contributed by atoms with Crippen LogP contribution in [0.5, 0.6) is 0 Å². The van der Waals surface area contributed by atoms with Crippen molar-refractivity contribution in [1.29, 1.82) is 0 Å². The van der Waals surface area contributed by atoms with E-state index in [9.17, 15) is 68.1 Å². The van der Waals surface area contributed by atoms with Crippen LogP contribution >= 0.6 is 0 Å². The number of Topliss-reactive ketones (excluding diaryl/α,β-unsaturated/α-hetero) is 3. The summed E-state index contributed by atoms with van der Waals surface area (Å²) in [6, 6.07) is -2.91. The zero-order valence-corrected chi connectivity index (χ0v) is 45.2. The lowest BCUT2D eigenvalue weighted by atomic mass is 9.94. The van der Waals surface area contributed by atoms with E-state index in [1.165, 1.54) is 0 Å². The summed E-state index contributed by atoms with van der Waals surface area (Å²) in [5.74, 6) is -8.64. The Hall–Kier alpha value is -5.39. The average molecular weight is 1090 g/mol. The van der Waals surface area contributed by atoms with Crippen LogP contribution in [-0.2, 0) is 71.7 Å². The molecule has 23 heteroatoms. The first-order valence-corrected chi connectivity index (χ1v) is 27.2. The maximum atomic E-state index is 12.7. The van der Waals surface area contributed by atoms with E-state index < -0.39 is 84.6 Å². The predicted octanol–water partition coefficient (Wildman–Crippen LogP) is 4.72. The summed E-state index contributed by atoms with van der Waals surface area (Å²) in [6.45, 7) is 5.14. The van der Waals surface area contributed by atoms with Crippen LogP contribution in [0.2, 0.25) is 0 Å². The van der Waals surface area contributed by atoms with Crippen molar-refractivity contribution < 1.29 is 92.1 Å². The number of hydrogen-bond donors (Lipinski definition) is 8. The summed E-state index contributed by atoms with van der Waals surface area (Å²) < 4.78 is 21.4. The van der Waals surface area contributed by atoms with E-state index in [1.807, 2.05) is 6.92 Å². The van der Waals surface area contributed by atoms with Crippen LogP contribution in [0.3, 0.4) is 0 Å². The van der Waals surface area contributed by atoms with E-state index in [0.29, 0.717) is 32.4 Å². The highest BCUT2D eigenvalue weighted by molar-refractivity contribution is 5.88. The molecule has 0 unspecified atom stereocenters. The van der Waals surface area contributed by atoms with Crippen LogP contribution in [0, 0.1) is 11.8 Å². The van der Waals surface area contributed by atoms with Gasteiger partial charge >= 0.3 is 23.9 Å². The summed E-state index contributed by atoms with van der Waals surface area (Å²) in [4.78, 5) is 131. The van der Waals surface area contributed by atoms with Gasteiger partial charge < -0.3 is 60.6 Å². The molecule has 0 saturated heterocycles. The summed E-state index contributed by atoms with van der Waals surface area (Å²) in [6.07, 6.45) is 12.7. The van der Waals surface area contributed by atoms with Gasteiger partial charge in [0.15, 0.2) is 5.78 Å². The molecule has 0 spiro atoms. The number of amides is 4. The second-order valence-electron chi connectivity index (χ2n) is 19.1. The van der Waals surface area contributed by atoms with Gasteiger partial charge in [-0.2, -0.15) is 0 Å². The number of ketones is 3. The van der Waals surface area contributed by atoms with Gasteiger partial charge in [-0.3, -0.25) is 43.2 Å². The molecule has 23 nitrogen and oxygen atoms in total. The van der Waals surface area contributed by atoms with Crippen molar-refractivity contribution in [3.8, 4) is 0 Å². The van der Waals surface area contributed by atoms with Gasteiger partial charge in [-0.1, -0.05) is 77.6 Å². The normalized spacial score (nSPS) is 12.7. The molecule has 0 aromatic rings. The summed E-state index contributed by atoms with van der Waals surface area (Å²) >= 11 is 0. The minimum absolute atomic E-state index is 0.0298. The molecular weight excluding hydrogens is 997 g/mol. The van der Waals surface area contributed by atoms with Gasteiger partial charge in [0.1, 0.15) is 36.9 Å². The van der Waals surface area contributed by atoms with Crippen LogP contribution in [0.25, 0.3) is 0 Å². The standard InChI is InChI=1S/C53H90N4O19/c1-39(40(2)58)18-15-16-28-54-49(64)38-76-35-32-73-30-17-19-43(60)37-75-34-33-74-31-29-55-46(61)26-22-41(51(67)68)36-42(59)23-24-44(52(69)70)57-48(63)27-25-45(53(71)72)56-47(62)20-13-11-9-7-5-3-4-6-8-10-12-14-21-50(65)66/h39,41,44-45H,3-38H2,1-2H3,(H,54,64)(H,55,61)(H,56,62)(H,57,63)(H,65,66)(H,67,68)(H,69,70)(H,71,72)/t39-,41+,44-,45-/m0/s1. The van der Waals surface area contributed by atoms with Gasteiger partial charge in [0.05, 0.1) is 39.0 Å². The molecule has 0 heterocycles. The highest BCUT2D eigenvalue weighted by Crippen LogP contribution is 2.16. The fourth-order valence-corrected chi connectivity index (χ4v) is 7.60. The third-order valence-electron chi connectivity index (χ3n) is 12.4. The van der Waals surface area contributed by atoms with Crippen LogP contribution in [-0.4, -0.2) is 163 Å². The molecular formula is C53H90N4O19. The molecule has 4 amide bonds. The van der Waals surface area contributed by atoms with Crippen molar-refractivity contribution >= 4 is 64.9 Å². The SMILES string of the molecule is CC(=O)[C@@H](C)CCCCNC(=O)COCCOCCCC(=O)COCCOCCNC(=O)CC[C@H](CC(=O)CC[C@H](NC(=O)CC[C@H](NC(=O)CCCCCCCCCCCCCCC(=O)O)C(=O)O)C(=O)O)C(=O)O. The lowest BCUT2D eigenvalue weighted by molar-refractivity contribution is -0.145. The molecule has 0 saturated carbocycles. The first-order chi connectivity index (χ1) is 36.3. The number of rotatable bonds is 54. The van der Waals surface area contributed by atoms with Gasteiger partial charge in [-0.05, 0) is 58.3 Å². The minimum Gasteiger partial charge on any atom is -0.481 e. The number of nitrogens with one attached hydrogen (secondary N) is 4. The molecule has 0 rings (SSSR count). The molecule has 0 aliphatic carbocycles. The van der Waals surface area contributed by atoms with E-state index in [2.05, 4.69) is 21.3 Å². The highest BCUT2D eigenvalue weighted by Gasteiger charge is 2.27. The largest absolute Gasteiger partial charge is 0.481 e. The summed E-state index contributed by atoms with van der Waals surface area (Å²) in [7, 11) is 0. The predicted molar refractivity (Wildman–Crippen MR) is 277 cm³/mol. The topological polar surface area (TPSA) is 354 Å². The number of aliphatic carboxylic acids is 4. The van der Waals surface area contributed by atoms with Gasteiger partial charge in [-0.25, -0.2) is 9.59 Å². The van der Waals surface area contributed by atoms with Crippen LogP contribution in [0.1, 0.15) is 181 Å². The Balaban J connectivity index is 4.16. The number of carbonyl (C=O) groups is 11. The average Bonchev–Trinajstić information content (AvgIpc) is 3.36. The number of ether oxygens (including phenoxy) is 4. The minimum atomic E-state index is -1.53. The highest BCUT2D eigenvalue weighted by atomic mass is 16.5. The Morgan fingerprint density at radius 2 is 0.882 bits per heavy atom. The van der Waals surface area contributed by atoms with Crippen molar-refractivity contribution in [2.45, 2.75) is 193 Å².